The summed E-state index contributed by atoms with van der Waals surface area (Å²) in [7, 11) is -3.44. The van der Waals surface area contributed by atoms with Gasteiger partial charge in [-0.1, -0.05) is 31.2 Å². The van der Waals surface area contributed by atoms with E-state index in [1.54, 1.807) is 24.3 Å². The average molecular weight is 412 g/mol. The van der Waals surface area contributed by atoms with Gasteiger partial charge in [0.05, 0.1) is 11.4 Å². The number of sulfone groups is 1. The Balaban J connectivity index is 2.06. The number of aryl methyl sites for hydroxylation is 1. The fourth-order valence-electron chi connectivity index (χ4n) is 2.92. The first kappa shape index (κ1) is 20.3. The number of hydrogen-bond acceptors (Lipinski definition) is 5. The maximum Gasteiger partial charge on any atom is 0.440 e. The van der Waals surface area contributed by atoms with Crippen LogP contribution in [-0.2, 0) is 16.3 Å². The van der Waals surface area contributed by atoms with E-state index >= 15 is 0 Å². The van der Waals surface area contributed by atoms with Crippen molar-refractivity contribution >= 4 is 21.4 Å². The van der Waals surface area contributed by atoms with Crippen molar-refractivity contribution in [2.24, 2.45) is 4.99 Å². The second-order valence-electron chi connectivity index (χ2n) is 6.65. The molecule has 0 fully saturated rings. The third-order valence-electron chi connectivity index (χ3n) is 4.58. The number of anilines is 1. The molecule has 5 nitrogen and oxygen atoms in total. The van der Waals surface area contributed by atoms with Gasteiger partial charge in [0.15, 0.2) is 9.84 Å². The third kappa shape index (κ3) is 3.77. The van der Waals surface area contributed by atoms with Crippen molar-refractivity contribution in [3.63, 3.8) is 0 Å². The van der Waals surface area contributed by atoms with E-state index in [9.17, 15) is 26.7 Å². The van der Waals surface area contributed by atoms with Crippen LogP contribution in [-0.4, -0.2) is 44.1 Å². The molecule has 2 aromatic carbocycles. The van der Waals surface area contributed by atoms with Crippen molar-refractivity contribution in [2.75, 3.05) is 17.7 Å². The van der Waals surface area contributed by atoms with Crippen molar-refractivity contribution in [1.82, 2.24) is 0 Å². The number of halogens is 3. The van der Waals surface area contributed by atoms with E-state index in [4.69, 9.17) is 0 Å². The average Bonchev–Trinajstić information content (AvgIpc) is 3.00. The van der Waals surface area contributed by atoms with Crippen LogP contribution in [0.25, 0.3) is 0 Å². The fraction of sp³-hybridized carbons (Fsp3) is 0.316. The number of rotatable bonds is 4. The number of nitrogens with zero attached hydrogens (tertiary/aromatic N) is 2. The Morgan fingerprint density at radius 2 is 1.68 bits per heavy atom. The summed E-state index contributed by atoms with van der Waals surface area (Å²) in [6.07, 6.45) is -3.14. The molecule has 0 spiro atoms. The summed E-state index contributed by atoms with van der Waals surface area (Å²) >= 11 is 0. The monoisotopic (exact) mass is 412 g/mol. The summed E-state index contributed by atoms with van der Waals surface area (Å²) in [6, 6.07) is 12.3. The Labute approximate surface area is 161 Å². The molecule has 1 unspecified atom stereocenters. The van der Waals surface area contributed by atoms with Gasteiger partial charge in [0.25, 0.3) is 5.72 Å². The summed E-state index contributed by atoms with van der Waals surface area (Å²) in [6.45, 7) is 1.14. The molecule has 28 heavy (non-hydrogen) atoms. The van der Waals surface area contributed by atoms with Gasteiger partial charge in [-0.3, -0.25) is 0 Å². The van der Waals surface area contributed by atoms with Crippen LogP contribution in [0.4, 0.5) is 18.9 Å². The van der Waals surface area contributed by atoms with E-state index in [0.29, 0.717) is 11.3 Å². The summed E-state index contributed by atoms with van der Waals surface area (Å²) in [4.78, 5) is 4.89. The fourth-order valence-corrected chi connectivity index (χ4v) is 3.55. The highest BCUT2D eigenvalue weighted by molar-refractivity contribution is 7.90. The number of aliphatic hydroxyl groups is 1. The van der Waals surface area contributed by atoms with Crippen LogP contribution in [0.3, 0.4) is 0 Å². The maximum absolute atomic E-state index is 13.4. The molecular formula is C19H19F3N2O3S. The van der Waals surface area contributed by atoms with E-state index in [-0.39, 0.29) is 10.7 Å². The van der Waals surface area contributed by atoms with Crippen molar-refractivity contribution < 1.29 is 26.7 Å². The Kier molecular flexibility index (Phi) is 5.01. The zero-order chi connectivity index (χ0) is 20.7. The van der Waals surface area contributed by atoms with E-state index in [0.717, 1.165) is 18.2 Å². The molecule has 0 aliphatic carbocycles. The smallest absolute Gasteiger partial charge is 0.361 e. The number of alkyl halides is 3. The molecule has 9 heteroatoms. The molecule has 0 saturated carbocycles. The molecule has 0 aromatic heterocycles. The maximum atomic E-state index is 13.4. The van der Waals surface area contributed by atoms with Gasteiger partial charge >= 0.3 is 6.18 Å². The minimum atomic E-state index is -4.96. The van der Waals surface area contributed by atoms with Gasteiger partial charge in [-0.2, -0.15) is 13.2 Å². The molecule has 1 atom stereocenters. The second kappa shape index (κ2) is 6.89. The molecule has 150 valence electrons. The highest BCUT2D eigenvalue weighted by Gasteiger charge is 2.58. The molecule has 2 aromatic rings. The molecule has 0 bridgehead atoms. The number of aliphatic imine (C=N–C) groups is 1. The zero-order valence-corrected chi connectivity index (χ0v) is 16.0. The van der Waals surface area contributed by atoms with Gasteiger partial charge in [0.2, 0.25) is 0 Å². The lowest BCUT2D eigenvalue weighted by atomic mass is 10.1. The first-order chi connectivity index (χ1) is 12.9. The van der Waals surface area contributed by atoms with Crippen LogP contribution in [0.15, 0.2) is 58.4 Å². The number of amidine groups is 1. The summed E-state index contributed by atoms with van der Waals surface area (Å²) in [5, 5.41) is 10.1. The van der Waals surface area contributed by atoms with Crippen LogP contribution in [0.2, 0.25) is 0 Å². The van der Waals surface area contributed by atoms with Crippen molar-refractivity contribution in [3.05, 3.63) is 59.7 Å². The zero-order valence-electron chi connectivity index (χ0n) is 15.2. The third-order valence-corrected chi connectivity index (χ3v) is 5.70. The van der Waals surface area contributed by atoms with Crippen molar-refractivity contribution in [2.45, 2.75) is 30.1 Å². The van der Waals surface area contributed by atoms with Crippen LogP contribution in [0.5, 0.6) is 0 Å². The molecule has 1 N–H and O–H groups in total. The number of benzene rings is 2. The van der Waals surface area contributed by atoms with Crippen molar-refractivity contribution in [1.29, 1.82) is 0 Å². The van der Waals surface area contributed by atoms with Gasteiger partial charge in [-0.05, 0) is 36.2 Å². The number of hydrogen-bond donors (Lipinski definition) is 1. The normalized spacial score (nSPS) is 20.4. The van der Waals surface area contributed by atoms with E-state index in [1.165, 1.54) is 29.2 Å². The summed E-state index contributed by atoms with van der Waals surface area (Å²) in [5.74, 6) is -0.0328. The first-order valence-corrected chi connectivity index (χ1v) is 10.4. The van der Waals surface area contributed by atoms with E-state index in [2.05, 4.69) is 4.99 Å². The van der Waals surface area contributed by atoms with Crippen LogP contribution < -0.4 is 4.90 Å². The summed E-state index contributed by atoms with van der Waals surface area (Å²) < 4.78 is 63.4. The Morgan fingerprint density at radius 1 is 1.11 bits per heavy atom. The molecule has 1 aliphatic heterocycles. The topological polar surface area (TPSA) is 70.0 Å². The largest absolute Gasteiger partial charge is 0.440 e. The van der Waals surface area contributed by atoms with Crippen LogP contribution >= 0.6 is 0 Å². The molecule has 0 saturated heterocycles. The Hall–Kier alpha value is -2.39. The molecule has 0 radical (unpaired) electrons. The summed E-state index contributed by atoms with van der Waals surface area (Å²) in [5.41, 5.74) is -1.52. The lowest BCUT2D eigenvalue weighted by molar-refractivity contribution is -0.249. The van der Waals surface area contributed by atoms with Crippen LogP contribution in [0.1, 0.15) is 18.1 Å². The highest BCUT2D eigenvalue weighted by atomic mass is 32.2. The van der Waals surface area contributed by atoms with Gasteiger partial charge in [-0.15, -0.1) is 0 Å². The lowest BCUT2D eigenvalue weighted by Gasteiger charge is -2.25. The minimum absolute atomic E-state index is 0.0328. The van der Waals surface area contributed by atoms with Gasteiger partial charge in [0.1, 0.15) is 5.84 Å². The van der Waals surface area contributed by atoms with Gasteiger partial charge in [-0.25, -0.2) is 13.4 Å². The quantitative estimate of drug-likeness (QED) is 0.838. The predicted molar refractivity (Wildman–Crippen MR) is 100 cm³/mol. The standard InChI is InChI=1S/C19H19F3N2O3S/c1-3-13-4-6-14(7-5-13)17-23-18(25,19(20,21)22)12-24(17)15-8-10-16(11-9-15)28(2,26)27/h4-11,25H,3,12H2,1-2H3. The Morgan fingerprint density at radius 3 is 2.14 bits per heavy atom. The molecule has 3 rings (SSSR count). The predicted octanol–water partition coefficient (Wildman–Crippen LogP) is 3.17. The second-order valence-corrected chi connectivity index (χ2v) is 8.67. The first-order valence-electron chi connectivity index (χ1n) is 8.50. The highest BCUT2D eigenvalue weighted by Crippen LogP contribution is 2.39. The molecule has 0 amide bonds. The van der Waals surface area contributed by atoms with Gasteiger partial charge in [0, 0.05) is 17.5 Å². The van der Waals surface area contributed by atoms with Crippen molar-refractivity contribution in [3.8, 4) is 0 Å². The lowest BCUT2D eigenvalue weighted by Crippen LogP contribution is -2.47. The van der Waals surface area contributed by atoms with Gasteiger partial charge < -0.3 is 10.0 Å². The molecule has 1 aliphatic rings. The Bertz CT molecular complexity index is 1000. The SMILES string of the molecule is CCc1ccc(C2=NC(O)(C(F)(F)F)CN2c2ccc(S(C)(=O)=O)cc2)cc1. The van der Waals surface area contributed by atoms with Crippen LogP contribution in [0, 0.1) is 0 Å². The van der Waals surface area contributed by atoms with E-state index in [1.807, 2.05) is 6.92 Å². The molecule has 1 heterocycles. The van der Waals surface area contributed by atoms with E-state index < -0.39 is 28.3 Å². The minimum Gasteiger partial charge on any atom is -0.361 e. The molecular weight excluding hydrogens is 393 g/mol. The number of β-amino-alcohol motifs (C(OH)–C–C–N with tert-alkyl or cyclic N) is 1.